The summed E-state index contributed by atoms with van der Waals surface area (Å²) in [6, 6.07) is 7.00. The number of hydrogen-bond acceptors (Lipinski definition) is 3. The Balaban J connectivity index is 2.16. The summed E-state index contributed by atoms with van der Waals surface area (Å²) < 4.78 is 5.08. The van der Waals surface area contributed by atoms with Gasteiger partial charge in [0.2, 0.25) is 0 Å². The zero-order chi connectivity index (χ0) is 13.0. The molecule has 0 saturated carbocycles. The number of amides is 1. The van der Waals surface area contributed by atoms with Crippen molar-refractivity contribution < 1.29 is 9.53 Å². The van der Waals surface area contributed by atoms with Crippen molar-refractivity contribution >= 4 is 11.7 Å². The molecule has 0 radical (unpaired) electrons. The van der Waals surface area contributed by atoms with Crippen LogP contribution in [0.2, 0.25) is 0 Å². The standard InChI is InChI=1S/C13H15N3O2/c1-3-9-8-14-16-12(9)15-13(17)10-5-4-6-11(7-10)18-2/h4-8H,3H2,1-2H3,(H2,14,15,16,17). The van der Waals surface area contributed by atoms with Crippen molar-refractivity contribution in [2.75, 3.05) is 12.4 Å². The minimum absolute atomic E-state index is 0.187. The minimum Gasteiger partial charge on any atom is -0.497 e. The first kappa shape index (κ1) is 12.2. The number of carbonyl (C=O) groups is 1. The second-order valence-electron chi connectivity index (χ2n) is 3.81. The van der Waals surface area contributed by atoms with Gasteiger partial charge in [0, 0.05) is 11.1 Å². The number of H-pyrrole nitrogens is 1. The number of nitrogens with zero attached hydrogens (tertiary/aromatic N) is 1. The molecule has 94 valence electrons. The molecule has 5 nitrogen and oxygen atoms in total. The zero-order valence-corrected chi connectivity index (χ0v) is 10.4. The van der Waals surface area contributed by atoms with Crippen molar-refractivity contribution in [1.82, 2.24) is 10.2 Å². The highest BCUT2D eigenvalue weighted by Crippen LogP contribution is 2.16. The van der Waals surface area contributed by atoms with Crippen LogP contribution in [-0.4, -0.2) is 23.2 Å². The zero-order valence-electron chi connectivity index (χ0n) is 10.4. The molecule has 1 amide bonds. The summed E-state index contributed by atoms with van der Waals surface area (Å²) in [6.45, 7) is 2.01. The Morgan fingerprint density at radius 1 is 1.50 bits per heavy atom. The number of anilines is 1. The first-order valence-electron chi connectivity index (χ1n) is 5.72. The smallest absolute Gasteiger partial charge is 0.256 e. The average molecular weight is 245 g/mol. The lowest BCUT2D eigenvalue weighted by atomic mass is 10.2. The quantitative estimate of drug-likeness (QED) is 0.868. The van der Waals surface area contributed by atoms with Crippen molar-refractivity contribution in [3.8, 4) is 5.75 Å². The summed E-state index contributed by atoms with van der Waals surface area (Å²) in [5.74, 6) is 1.11. The fraction of sp³-hybridized carbons (Fsp3) is 0.231. The predicted molar refractivity (Wildman–Crippen MR) is 68.9 cm³/mol. The lowest BCUT2D eigenvalue weighted by molar-refractivity contribution is 0.102. The Morgan fingerprint density at radius 2 is 2.33 bits per heavy atom. The highest BCUT2D eigenvalue weighted by Gasteiger charge is 2.10. The van der Waals surface area contributed by atoms with Gasteiger partial charge in [-0.25, -0.2) is 0 Å². The number of aryl methyl sites for hydroxylation is 1. The van der Waals surface area contributed by atoms with Crippen LogP contribution in [0.15, 0.2) is 30.5 Å². The highest BCUT2D eigenvalue weighted by atomic mass is 16.5. The Kier molecular flexibility index (Phi) is 3.62. The van der Waals surface area contributed by atoms with Crippen LogP contribution < -0.4 is 10.1 Å². The lowest BCUT2D eigenvalue weighted by Crippen LogP contribution is -2.13. The Labute approximate surface area is 105 Å². The van der Waals surface area contributed by atoms with E-state index in [1.165, 1.54) is 0 Å². The number of hydrogen-bond donors (Lipinski definition) is 2. The molecule has 0 bridgehead atoms. The third-order valence-corrected chi connectivity index (χ3v) is 2.67. The van der Waals surface area contributed by atoms with Gasteiger partial charge in [-0.1, -0.05) is 13.0 Å². The number of aromatic amines is 1. The van der Waals surface area contributed by atoms with Crippen LogP contribution in [0.3, 0.4) is 0 Å². The van der Waals surface area contributed by atoms with Crippen molar-refractivity contribution in [3.05, 3.63) is 41.6 Å². The second-order valence-corrected chi connectivity index (χ2v) is 3.81. The molecule has 2 N–H and O–H groups in total. The summed E-state index contributed by atoms with van der Waals surface area (Å²) >= 11 is 0. The summed E-state index contributed by atoms with van der Waals surface area (Å²) in [4.78, 5) is 12.0. The van der Waals surface area contributed by atoms with Crippen LogP contribution in [0.25, 0.3) is 0 Å². The van der Waals surface area contributed by atoms with E-state index in [1.807, 2.05) is 6.92 Å². The van der Waals surface area contributed by atoms with Crippen LogP contribution in [-0.2, 0) is 6.42 Å². The molecule has 0 spiro atoms. The van der Waals surface area contributed by atoms with E-state index in [4.69, 9.17) is 4.74 Å². The second kappa shape index (κ2) is 5.35. The number of methoxy groups -OCH3 is 1. The molecule has 2 aromatic rings. The third-order valence-electron chi connectivity index (χ3n) is 2.67. The van der Waals surface area contributed by atoms with E-state index in [1.54, 1.807) is 37.6 Å². The van der Waals surface area contributed by atoms with E-state index in [2.05, 4.69) is 15.5 Å². The highest BCUT2D eigenvalue weighted by molar-refractivity contribution is 6.04. The number of aromatic nitrogens is 2. The molecule has 0 aliphatic rings. The van der Waals surface area contributed by atoms with E-state index in [0.29, 0.717) is 17.1 Å². The van der Waals surface area contributed by atoms with Crippen molar-refractivity contribution in [2.45, 2.75) is 13.3 Å². The summed E-state index contributed by atoms with van der Waals surface area (Å²) in [6.07, 6.45) is 2.52. The largest absolute Gasteiger partial charge is 0.497 e. The van der Waals surface area contributed by atoms with Crippen LogP contribution in [0.5, 0.6) is 5.75 Å². The molecule has 0 unspecified atom stereocenters. The van der Waals surface area contributed by atoms with Crippen molar-refractivity contribution in [2.24, 2.45) is 0 Å². The van der Waals surface area contributed by atoms with Gasteiger partial charge in [-0.3, -0.25) is 9.89 Å². The maximum Gasteiger partial charge on any atom is 0.256 e. The van der Waals surface area contributed by atoms with Gasteiger partial charge in [0.05, 0.1) is 13.3 Å². The summed E-state index contributed by atoms with van der Waals surface area (Å²) in [5, 5.41) is 9.48. The topological polar surface area (TPSA) is 67.0 Å². The average Bonchev–Trinajstić information content (AvgIpc) is 2.86. The van der Waals surface area contributed by atoms with E-state index in [9.17, 15) is 4.79 Å². The molecule has 2 rings (SSSR count). The van der Waals surface area contributed by atoms with Gasteiger partial charge in [0.25, 0.3) is 5.91 Å². The monoisotopic (exact) mass is 245 g/mol. The number of benzene rings is 1. The molecule has 18 heavy (non-hydrogen) atoms. The van der Waals surface area contributed by atoms with Gasteiger partial charge in [-0.15, -0.1) is 0 Å². The van der Waals surface area contributed by atoms with Gasteiger partial charge in [-0.2, -0.15) is 5.10 Å². The first-order valence-corrected chi connectivity index (χ1v) is 5.72. The third kappa shape index (κ3) is 2.51. The predicted octanol–water partition coefficient (Wildman–Crippen LogP) is 2.23. The Morgan fingerprint density at radius 3 is 3.06 bits per heavy atom. The molecule has 0 fully saturated rings. The van der Waals surface area contributed by atoms with Gasteiger partial charge >= 0.3 is 0 Å². The summed E-state index contributed by atoms with van der Waals surface area (Å²) in [7, 11) is 1.57. The molecular formula is C13H15N3O2. The van der Waals surface area contributed by atoms with E-state index in [0.717, 1.165) is 12.0 Å². The molecule has 0 atom stereocenters. The number of carbonyl (C=O) groups excluding carboxylic acids is 1. The van der Waals surface area contributed by atoms with E-state index >= 15 is 0 Å². The van der Waals surface area contributed by atoms with Crippen LogP contribution in [0, 0.1) is 0 Å². The van der Waals surface area contributed by atoms with Crippen molar-refractivity contribution in [1.29, 1.82) is 0 Å². The van der Waals surface area contributed by atoms with Crippen LogP contribution >= 0.6 is 0 Å². The summed E-state index contributed by atoms with van der Waals surface area (Å²) in [5.41, 5.74) is 1.53. The van der Waals surface area contributed by atoms with Gasteiger partial charge in [-0.05, 0) is 24.6 Å². The van der Waals surface area contributed by atoms with Crippen LogP contribution in [0.1, 0.15) is 22.8 Å². The molecule has 0 aliphatic carbocycles. The SMILES string of the molecule is CCc1cn[nH]c1NC(=O)c1cccc(OC)c1. The van der Waals surface area contributed by atoms with Gasteiger partial charge in [0.1, 0.15) is 11.6 Å². The molecular weight excluding hydrogens is 230 g/mol. The Hall–Kier alpha value is -2.30. The molecule has 1 heterocycles. The first-order chi connectivity index (χ1) is 8.74. The lowest BCUT2D eigenvalue weighted by Gasteiger charge is -2.06. The Bertz CT molecular complexity index is 549. The molecule has 1 aromatic heterocycles. The van der Waals surface area contributed by atoms with Crippen molar-refractivity contribution in [3.63, 3.8) is 0 Å². The molecule has 0 aliphatic heterocycles. The number of rotatable bonds is 4. The normalized spacial score (nSPS) is 10.1. The van der Waals surface area contributed by atoms with E-state index in [-0.39, 0.29) is 5.91 Å². The number of nitrogens with one attached hydrogen (secondary N) is 2. The number of ether oxygens (including phenoxy) is 1. The van der Waals surface area contributed by atoms with Crippen LogP contribution in [0.4, 0.5) is 5.82 Å². The van der Waals surface area contributed by atoms with Gasteiger partial charge < -0.3 is 10.1 Å². The fourth-order valence-corrected chi connectivity index (χ4v) is 1.64. The minimum atomic E-state index is -0.187. The maximum absolute atomic E-state index is 12.0. The van der Waals surface area contributed by atoms with Gasteiger partial charge in [0.15, 0.2) is 0 Å². The van der Waals surface area contributed by atoms with E-state index < -0.39 is 0 Å². The molecule has 1 aromatic carbocycles. The molecule has 0 saturated heterocycles. The molecule has 5 heteroatoms. The fourth-order valence-electron chi connectivity index (χ4n) is 1.64. The maximum atomic E-state index is 12.0.